The Labute approximate surface area is 125 Å². The molecule has 0 bridgehead atoms. The van der Waals surface area contributed by atoms with Crippen LogP contribution in [0.2, 0.25) is 0 Å². The van der Waals surface area contributed by atoms with E-state index in [1.807, 2.05) is 0 Å². The Hall–Kier alpha value is -1.02. The fraction of sp³-hybridized carbons (Fsp3) is 0.571. The number of nitrogens with zero attached hydrogens (tertiary/aromatic N) is 2. The monoisotopic (exact) mass is 316 g/mol. The Balaban J connectivity index is 2.07. The van der Waals surface area contributed by atoms with Gasteiger partial charge in [0.15, 0.2) is 0 Å². The Bertz CT molecular complexity index is 579. The van der Waals surface area contributed by atoms with E-state index in [4.69, 9.17) is 0 Å². The molecule has 1 aromatic rings. The van der Waals surface area contributed by atoms with Crippen LogP contribution in [0.4, 0.5) is 4.39 Å². The highest BCUT2D eigenvalue weighted by molar-refractivity contribution is 7.86. The van der Waals surface area contributed by atoms with Crippen LogP contribution in [0, 0.1) is 11.7 Å². The zero-order valence-electron chi connectivity index (χ0n) is 12.1. The fourth-order valence-electron chi connectivity index (χ4n) is 2.56. The Morgan fingerprint density at radius 2 is 2.24 bits per heavy atom. The number of benzene rings is 1. The van der Waals surface area contributed by atoms with Crippen molar-refractivity contribution in [2.24, 2.45) is 5.92 Å². The van der Waals surface area contributed by atoms with Crippen LogP contribution >= 0.6 is 0 Å². The maximum absolute atomic E-state index is 13.2. The van der Waals surface area contributed by atoms with Gasteiger partial charge in [0.05, 0.1) is 0 Å². The molecule has 1 saturated heterocycles. The van der Waals surface area contributed by atoms with Gasteiger partial charge in [-0.3, -0.25) is 0 Å². The van der Waals surface area contributed by atoms with Crippen molar-refractivity contribution in [2.75, 3.05) is 26.7 Å². The van der Waals surface area contributed by atoms with E-state index in [0.29, 0.717) is 18.7 Å². The molecule has 118 valence electrons. The van der Waals surface area contributed by atoms with Crippen molar-refractivity contribution in [1.29, 1.82) is 0 Å². The summed E-state index contributed by atoms with van der Waals surface area (Å²) in [6.07, 6.45) is 1.59. The lowest BCUT2D eigenvalue weighted by molar-refractivity contribution is 0.161. The number of halogens is 1. The Morgan fingerprint density at radius 3 is 2.90 bits per heavy atom. The van der Waals surface area contributed by atoms with E-state index in [1.54, 1.807) is 12.1 Å². The molecule has 1 atom stereocenters. The number of hydrogen-bond acceptors (Lipinski definition) is 3. The number of aliphatic hydroxyl groups is 1. The summed E-state index contributed by atoms with van der Waals surface area (Å²) in [5, 5.41) is 9.20. The molecule has 1 heterocycles. The summed E-state index contributed by atoms with van der Waals surface area (Å²) in [6, 6.07) is 5.92. The normalized spacial score (nSPS) is 20.9. The van der Waals surface area contributed by atoms with Gasteiger partial charge >= 0.3 is 0 Å². The fourth-order valence-corrected chi connectivity index (χ4v) is 4.02. The van der Waals surface area contributed by atoms with Gasteiger partial charge in [0.25, 0.3) is 10.2 Å². The molecule has 1 aliphatic rings. The lowest BCUT2D eigenvalue weighted by Crippen LogP contribution is -2.47. The van der Waals surface area contributed by atoms with Crippen LogP contribution in [0.3, 0.4) is 0 Å². The first-order valence-corrected chi connectivity index (χ1v) is 8.40. The Morgan fingerprint density at radius 1 is 1.48 bits per heavy atom. The minimum atomic E-state index is -3.58. The van der Waals surface area contributed by atoms with Gasteiger partial charge in [0.2, 0.25) is 0 Å². The van der Waals surface area contributed by atoms with E-state index < -0.39 is 10.2 Å². The summed E-state index contributed by atoms with van der Waals surface area (Å²) in [4.78, 5) is 0. The van der Waals surface area contributed by atoms with Crippen LogP contribution in [0.15, 0.2) is 24.3 Å². The molecule has 2 rings (SSSR count). The quantitative estimate of drug-likeness (QED) is 0.888. The van der Waals surface area contributed by atoms with Gasteiger partial charge in [0.1, 0.15) is 5.82 Å². The van der Waals surface area contributed by atoms with E-state index in [-0.39, 0.29) is 24.9 Å². The molecule has 0 saturated carbocycles. The number of piperidine rings is 1. The molecule has 1 N–H and O–H groups in total. The third-order valence-corrected chi connectivity index (χ3v) is 5.66. The molecule has 1 aromatic carbocycles. The molecule has 1 unspecified atom stereocenters. The van der Waals surface area contributed by atoms with Gasteiger partial charge in [-0.1, -0.05) is 12.1 Å². The summed E-state index contributed by atoms with van der Waals surface area (Å²) < 4.78 is 40.8. The summed E-state index contributed by atoms with van der Waals surface area (Å²) in [6.45, 7) is 0.929. The topological polar surface area (TPSA) is 60.9 Å². The average molecular weight is 316 g/mol. The third-order valence-electron chi connectivity index (χ3n) is 3.75. The van der Waals surface area contributed by atoms with Crippen molar-refractivity contribution in [3.8, 4) is 0 Å². The predicted molar refractivity (Wildman–Crippen MR) is 78.2 cm³/mol. The zero-order chi connectivity index (χ0) is 15.5. The molecule has 5 nitrogen and oxygen atoms in total. The van der Waals surface area contributed by atoms with Gasteiger partial charge < -0.3 is 5.11 Å². The second kappa shape index (κ2) is 6.83. The van der Waals surface area contributed by atoms with Gasteiger partial charge in [-0.15, -0.1) is 0 Å². The second-order valence-corrected chi connectivity index (χ2v) is 7.48. The highest BCUT2D eigenvalue weighted by Crippen LogP contribution is 2.21. The average Bonchev–Trinajstić information content (AvgIpc) is 2.47. The molecule has 0 radical (unpaired) electrons. The van der Waals surface area contributed by atoms with Crippen molar-refractivity contribution < 1.29 is 17.9 Å². The summed E-state index contributed by atoms with van der Waals surface area (Å²) in [7, 11) is -2.09. The highest BCUT2D eigenvalue weighted by Gasteiger charge is 2.31. The summed E-state index contributed by atoms with van der Waals surface area (Å²) >= 11 is 0. The van der Waals surface area contributed by atoms with Gasteiger partial charge in [-0.05, 0) is 36.5 Å². The number of aliphatic hydroxyl groups excluding tert-OH is 1. The van der Waals surface area contributed by atoms with Crippen molar-refractivity contribution in [2.45, 2.75) is 19.4 Å². The first-order valence-electron chi connectivity index (χ1n) is 7.00. The minimum absolute atomic E-state index is 0.000366. The Kier molecular flexibility index (Phi) is 5.32. The molecular weight excluding hydrogens is 295 g/mol. The van der Waals surface area contributed by atoms with Crippen molar-refractivity contribution in [3.63, 3.8) is 0 Å². The molecule has 7 heteroatoms. The predicted octanol–water partition coefficient (Wildman–Crippen LogP) is 1.21. The third kappa shape index (κ3) is 4.00. The van der Waals surface area contributed by atoms with Gasteiger partial charge in [0, 0.05) is 33.3 Å². The van der Waals surface area contributed by atoms with E-state index in [9.17, 15) is 17.9 Å². The number of hydrogen-bond donors (Lipinski definition) is 1. The van der Waals surface area contributed by atoms with Gasteiger partial charge in [-0.25, -0.2) is 4.39 Å². The van der Waals surface area contributed by atoms with Crippen LogP contribution < -0.4 is 0 Å². The number of rotatable bonds is 5. The zero-order valence-corrected chi connectivity index (χ0v) is 12.9. The summed E-state index contributed by atoms with van der Waals surface area (Å²) in [5.74, 6) is -0.382. The van der Waals surface area contributed by atoms with Gasteiger partial charge in [-0.2, -0.15) is 17.0 Å². The molecule has 0 aliphatic carbocycles. The second-order valence-electron chi connectivity index (χ2n) is 5.44. The standard InChI is InChI=1S/C14H21FN2O3S/c1-16(9-12-4-2-6-14(15)8-12)21(19,20)17-7-3-5-13(10-17)11-18/h2,4,6,8,13,18H,3,5,7,9-11H2,1H3. The lowest BCUT2D eigenvalue weighted by Gasteiger charge is -2.33. The van der Waals surface area contributed by atoms with Crippen molar-refractivity contribution in [1.82, 2.24) is 8.61 Å². The molecule has 1 aliphatic heterocycles. The van der Waals surface area contributed by atoms with Crippen LogP contribution in [-0.4, -0.2) is 48.9 Å². The summed E-state index contributed by atoms with van der Waals surface area (Å²) in [5.41, 5.74) is 0.608. The van der Waals surface area contributed by atoms with E-state index in [2.05, 4.69) is 0 Å². The maximum atomic E-state index is 13.2. The minimum Gasteiger partial charge on any atom is -0.396 e. The first kappa shape index (κ1) is 16.4. The van der Waals surface area contributed by atoms with Crippen LogP contribution in [0.1, 0.15) is 18.4 Å². The molecule has 21 heavy (non-hydrogen) atoms. The van der Waals surface area contributed by atoms with E-state index in [1.165, 1.54) is 27.8 Å². The maximum Gasteiger partial charge on any atom is 0.282 e. The molecule has 1 fully saturated rings. The van der Waals surface area contributed by atoms with Crippen molar-refractivity contribution >= 4 is 10.2 Å². The molecule has 0 aromatic heterocycles. The van der Waals surface area contributed by atoms with Crippen LogP contribution in [-0.2, 0) is 16.8 Å². The first-order chi connectivity index (χ1) is 9.93. The SMILES string of the molecule is CN(Cc1cccc(F)c1)S(=O)(=O)N1CCCC(CO)C1. The van der Waals surface area contributed by atoms with Crippen LogP contribution in [0.5, 0.6) is 0 Å². The van der Waals surface area contributed by atoms with E-state index >= 15 is 0 Å². The van der Waals surface area contributed by atoms with Crippen molar-refractivity contribution in [3.05, 3.63) is 35.6 Å². The molecule has 0 spiro atoms. The van der Waals surface area contributed by atoms with E-state index in [0.717, 1.165) is 12.8 Å². The van der Waals surface area contributed by atoms with Crippen LogP contribution in [0.25, 0.3) is 0 Å². The largest absolute Gasteiger partial charge is 0.396 e. The lowest BCUT2D eigenvalue weighted by atomic mass is 10.0. The highest BCUT2D eigenvalue weighted by atomic mass is 32.2. The molecular formula is C14H21FN2O3S. The molecule has 0 amide bonds. The smallest absolute Gasteiger partial charge is 0.282 e.